The van der Waals surface area contributed by atoms with E-state index in [2.05, 4.69) is 43.0 Å². The van der Waals surface area contributed by atoms with E-state index >= 15 is 0 Å². The van der Waals surface area contributed by atoms with Gasteiger partial charge in [0, 0.05) is 28.8 Å². The highest BCUT2D eigenvalue weighted by Crippen LogP contribution is 2.25. The Bertz CT molecular complexity index is 743. The van der Waals surface area contributed by atoms with E-state index in [0.717, 1.165) is 27.5 Å². The van der Waals surface area contributed by atoms with E-state index in [1.165, 1.54) is 31.0 Å². The molecule has 0 aliphatic carbocycles. The summed E-state index contributed by atoms with van der Waals surface area (Å²) >= 11 is 4.83. The largest absolute Gasteiger partial charge is 0.354 e. The number of rotatable bonds is 5. The number of aromatic nitrogens is 2. The molecule has 1 aromatic carbocycles. The number of piperidine rings is 1. The maximum absolute atomic E-state index is 12.1. The van der Waals surface area contributed by atoms with Crippen LogP contribution in [-0.4, -0.2) is 34.2 Å². The molecule has 1 atom stereocenters. The highest BCUT2D eigenvalue weighted by atomic mass is 79.9. The summed E-state index contributed by atoms with van der Waals surface area (Å²) in [6, 6.07) is 10.1. The van der Waals surface area contributed by atoms with Crippen LogP contribution in [0, 0.1) is 0 Å². The maximum atomic E-state index is 12.1. The van der Waals surface area contributed by atoms with Gasteiger partial charge in [0.05, 0.1) is 5.75 Å². The number of carbonyl (C=O) groups excluding carboxylic acids is 1. The first-order chi connectivity index (χ1) is 12.1. The van der Waals surface area contributed by atoms with Crippen molar-refractivity contribution in [2.75, 3.05) is 22.5 Å². The van der Waals surface area contributed by atoms with Gasteiger partial charge in [-0.3, -0.25) is 4.79 Å². The third kappa shape index (κ3) is 5.19. The minimum absolute atomic E-state index is 0.0467. The van der Waals surface area contributed by atoms with Crippen LogP contribution in [0.1, 0.15) is 26.2 Å². The first kappa shape index (κ1) is 18.2. The molecule has 132 valence electrons. The predicted octanol–water partition coefficient (Wildman–Crippen LogP) is 4.35. The summed E-state index contributed by atoms with van der Waals surface area (Å²) in [5.41, 5.74) is 0.783. The van der Waals surface area contributed by atoms with E-state index in [1.54, 1.807) is 6.33 Å². The fourth-order valence-corrected chi connectivity index (χ4v) is 3.97. The van der Waals surface area contributed by atoms with Crippen LogP contribution in [0.25, 0.3) is 0 Å². The zero-order chi connectivity index (χ0) is 17.6. The third-order valence-corrected chi connectivity index (χ3v) is 5.60. The standard InChI is InChI=1S/C18H21BrN4OS/c1-13-5-2-3-8-23(13)16-10-18(21-12-20-16)25-11-17(24)22-15-7-4-6-14(19)9-15/h4,6-7,9-10,12-13H,2-3,5,8,11H2,1H3,(H,22,24)/t13-/m1/s1. The van der Waals surface area contributed by atoms with Gasteiger partial charge in [-0.15, -0.1) is 0 Å². The van der Waals surface area contributed by atoms with Crippen LogP contribution < -0.4 is 10.2 Å². The molecule has 0 radical (unpaired) electrons. The summed E-state index contributed by atoms with van der Waals surface area (Å²) < 4.78 is 0.939. The second kappa shape index (κ2) is 8.67. The van der Waals surface area contributed by atoms with Crippen molar-refractivity contribution >= 4 is 45.1 Å². The van der Waals surface area contributed by atoms with Crippen molar-refractivity contribution < 1.29 is 4.79 Å². The minimum Gasteiger partial charge on any atom is -0.354 e. The molecule has 0 spiro atoms. The molecule has 1 aliphatic heterocycles. The van der Waals surface area contributed by atoms with Gasteiger partial charge >= 0.3 is 0 Å². The van der Waals surface area contributed by atoms with E-state index in [0.29, 0.717) is 11.8 Å². The Balaban J connectivity index is 1.57. The van der Waals surface area contributed by atoms with Gasteiger partial charge in [-0.05, 0) is 44.4 Å². The molecule has 0 unspecified atom stereocenters. The van der Waals surface area contributed by atoms with Crippen molar-refractivity contribution in [3.63, 3.8) is 0 Å². The van der Waals surface area contributed by atoms with Crippen LogP contribution in [0.2, 0.25) is 0 Å². The maximum Gasteiger partial charge on any atom is 0.234 e. The third-order valence-electron chi connectivity index (χ3n) is 4.18. The summed E-state index contributed by atoms with van der Waals surface area (Å²) in [4.78, 5) is 23.2. The lowest BCUT2D eigenvalue weighted by molar-refractivity contribution is -0.113. The summed E-state index contributed by atoms with van der Waals surface area (Å²) in [6.07, 6.45) is 5.26. The lowest BCUT2D eigenvalue weighted by Crippen LogP contribution is -2.38. The fraction of sp³-hybridized carbons (Fsp3) is 0.389. The van der Waals surface area contributed by atoms with Gasteiger partial charge in [-0.1, -0.05) is 33.8 Å². The number of hydrogen-bond acceptors (Lipinski definition) is 5. The molecule has 1 N–H and O–H groups in total. The molecule has 25 heavy (non-hydrogen) atoms. The fourth-order valence-electron chi connectivity index (χ4n) is 2.91. The number of nitrogens with one attached hydrogen (secondary N) is 1. The average Bonchev–Trinajstić information content (AvgIpc) is 2.61. The molecule has 7 heteroatoms. The van der Waals surface area contributed by atoms with Gasteiger partial charge in [0.2, 0.25) is 5.91 Å². The normalized spacial score (nSPS) is 17.4. The first-order valence-corrected chi connectivity index (χ1v) is 10.2. The van der Waals surface area contributed by atoms with Crippen molar-refractivity contribution in [2.24, 2.45) is 0 Å². The van der Waals surface area contributed by atoms with Gasteiger partial charge in [-0.2, -0.15) is 0 Å². The number of halogens is 1. The van der Waals surface area contributed by atoms with Crippen LogP contribution in [0.3, 0.4) is 0 Å². The number of amides is 1. The Morgan fingerprint density at radius 2 is 2.24 bits per heavy atom. The molecule has 0 bridgehead atoms. The Kier molecular flexibility index (Phi) is 6.31. The zero-order valence-electron chi connectivity index (χ0n) is 14.1. The van der Waals surface area contributed by atoms with E-state index in [4.69, 9.17) is 0 Å². The molecule has 2 aromatic rings. The second-order valence-electron chi connectivity index (χ2n) is 6.10. The molecule has 2 heterocycles. The zero-order valence-corrected chi connectivity index (χ0v) is 16.5. The summed E-state index contributed by atoms with van der Waals surface area (Å²) in [6.45, 7) is 3.27. The molecule has 5 nitrogen and oxygen atoms in total. The van der Waals surface area contributed by atoms with Crippen molar-refractivity contribution in [2.45, 2.75) is 37.3 Å². The van der Waals surface area contributed by atoms with Gasteiger partial charge in [0.1, 0.15) is 17.2 Å². The number of nitrogens with zero attached hydrogens (tertiary/aromatic N) is 3. The monoisotopic (exact) mass is 420 g/mol. The second-order valence-corrected chi connectivity index (χ2v) is 8.01. The molecular weight excluding hydrogens is 400 g/mol. The number of carbonyl (C=O) groups is 1. The molecule has 3 rings (SSSR count). The average molecular weight is 421 g/mol. The Labute approximate surface area is 160 Å². The molecule has 1 fully saturated rings. The van der Waals surface area contributed by atoms with Crippen LogP contribution >= 0.6 is 27.7 Å². The smallest absolute Gasteiger partial charge is 0.234 e. The molecular formula is C18H21BrN4OS. The van der Waals surface area contributed by atoms with E-state index in [9.17, 15) is 4.79 Å². The van der Waals surface area contributed by atoms with Crippen molar-refractivity contribution in [3.8, 4) is 0 Å². The van der Waals surface area contributed by atoms with Crippen LogP contribution in [0.5, 0.6) is 0 Å². The van der Waals surface area contributed by atoms with Crippen LogP contribution in [0.15, 0.2) is 46.2 Å². The molecule has 1 saturated heterocycles. The molecule has 1 amide bonds. The highest BCUT2D eigenvalue weighted by molar-refractivity contribution is 9.10. The number of thioether (sulfide) groups is 1. The van der Waals surface area contributed by atoms with Gasteiger partial charge in [-0.25, -0.2) is 9.97 Å². The number of hydrogen-bond donors (Lipinski definition) is 1. The number of anilines is 2. The highest BCUT2D eigenvalue weighted by Gasteiger charge is 2.20. The van der Waals surface area contributed by atoms with Gasteiger partial charge < -0.3 is 10.2 Å². The van der Waals surface area contributed by atoms with Crippen LogP contribution in [-0.2, 0) is 4.79 Å². The van der Waals surface area contributed by atoms with Crippen molar-refractivity contribution in [1.29, 1.82) is 0 Å². The summed E-state index contributed by atoms with van der Waals surface area (Å²) in [5.74, 6) is 1.23. The van der Waals surface area contributed by atoms with Gasteiger partial charge in [0.15, 0.2) is 0 Å². The lowest BCUT2D eigenvalue weighted by Gasteiger charge is -2.34. The Hall–Kier alpha value is -1.60. The minimum atomic E-state index is -0.0467. The lowest BCUT2D eigenvalue weighted by atomic mass is 10.0. The van der Waals surface area contributed by atoms with Gasteiger partial charge in [0.25, 0.3) is 0 Å². The first-order valence-electron chi connectivity index (χ1n) is 8.39. The topological polar surface area (TPSA) is 58.1 Å². The summed E-state index contributed by atoms with van der Waals surface area (Å²) in [5, 5.41) is 3.72. The Morgan fingerprint density at radius 1 is 1.36 bits per heavy atom. The van der Waals surface area contributed by atoms with E-state index in [1.807, 2.05) is 30.3 Å². The van der Waals surface area contributed by atoms with Crippen molar-refractivity contribution in [3.05, 3.63) is 41.1 Å². The van der Waals surface area contributed by atoms with E-state index < -0.39 is 0 Å². The van der Waals surface area contributed by atoms with Crippen molar-refractivity contribution in [1.82, 2.24) is 9.97 Å². The Morgan fingerprint density at radius 3 is 3.04 bits per heavy atom. The quantitative estimate of drug-likeness (QED) is 0.575. The SMILES string of the molecule is C[C@@H]1CCCCN1c1cc(SCC(=O)Nc2cccc(Br)c2)ncn1. The summed E-state index contributed by atoms with van der Waals surface area (Å²) in [7, 11) is 0. The predicted molar refractivity (Wildman–Crippen MR) is 106 cm³/mol. The molecule has 0 saturated carbocycles. The molecule has 1 aromatic heterocycles. The number of benzene rings is 1. The van der Waals surface area contributed by atoms with Crippen LogP contribution in [0.4, 0.5) is 11.5 Å². The van der Waals surface area contributed by atoms with E-state index in [-0.39, 0.29) is 5.91 Å². The molecule has 1 aliphatic rings.